The van der Waals surface area contributed by atoms with Crippen molar-refractivity contribution < 1.29 is 4.74 Å². The van der Waals surface area contributed by atoms with Gasteiger partial charge in [-0.3, -0.25) is 0 Å². The van der Waals surface area contributed by atoms with Gasteiger partial charge in [-0.2, -0.15) is 0 Å². The van der Waals surface area contributed by atoms with Gasteiger partial charge in [0.25, 0.3) is 0 Å². The molecule has 0 aromatic carbocycles. The lowest BCUT2D eigenvalue weighted by atomic mass is 10.0. The summed E-state index contributed by atoms with van der Waals surface area (Å²) in [4.78, 5) is 4.28. The van der Waals surface area contributed by atoms with Crippen LogP contribution in [0.2, 0.25) is 0 Å². The fraction of sp³-hybridized carbons (Fsp3) is 0.583. The van der Waals surface area contributed by atoms with Crippen molar-refractivity contribution in [3.8, 4) is 5.75 Å². The minimum Gasteiger partial charge on any atom is -0.493 e. The van der Waals surface area contributed by atoms with E-state index in [1.807, 2.05) is 12.1 Å². The maximum absolute atomic E-state index is 5.60. The second-order valence-electron chi connectivity index (χ2n) is 4.13. The first-order valence-electron chi connectivity index (χ1n) is 5.64. The zero-order valence-electron chi connectivity index (χ0n) is 10.2. The average molecular weight is 223 g/mol. The molecule has 0 bridgehead atoms. The van der Waals surface area contributed by atoms with E-state index in [2.05, 4.69) is 24.1 Å². The molecule has 0 saturated heterocycles. The first kappa shape index (κ1) is 12.8. The molecular formula is C12H21N3O. The predicted molar refractivity (Wildman–Crippen MR) is 66.7 cm³/mol. The van der Waals surface area contributed by atoms with Crippen molar-refractivity contribution in [1.29, 1.82) is 0 Å². The standard InChI is InChI=1S/C12H21N3O/c1-9(2)10(6-7-13)15-12-11(16-3)5-4-8-14-12/h4-5,8-10H,6-7,13H2,1-3H3,(H,14,15). The SMILES string of the molecule is COc1cccnc1NC(CCN)C(C)C. The summed E-state index contributed by atoms with van der Waals surface area (Å²) in [5, 5.41) is 3.38. The third-order valence-corrected chi connectivity index (χ3v) is 2.60. The van der Waals surface area contributed by atoms with Crippen LogP contribution < -0.4 is 15.8 Å². The van der Waals surface area contributed by atoms with Gasteiger partial charge in [0.1, 0.15) is 0 Å². The zero-order valence-corrected chi connectivity index (χ0v) is 10.2. The van der Waals surface area contributed by atoms with Crippen molar-refractivity contribution in [3.05, 3.63) is 18.3 Å². The van der Waals surface area contributed by atoms with Gasteiger partial charge in [-0.1, -0.05) is 13.8 Å². The van der Waals surface area contributed by atoms with Crippen LogP contribution in [0.4, 0.5) is 5.82 Å². The molecule has 0 radical (unpaired) electrons. The van der Waals surface area contributed by atoms with Gasteiger partial charge in [-0.05, 0) is 31.0 Å². The molecule has 0 aliphatic rings. The maximum atomic E-state index is 5.60. The van der Waals surface area contributed by atoms with E-state index in [1.165, 1.54) is 0 Å². The molecule has 0 aliphatic carbocycles. The molecule has 4 heteroatoms. The van der Waals surface area contributed by atoms with Crippen molar-refractivity contribution >= 4 is 5.82 Å². The fourth-order valence-corrected chi connectivity index (χ4v) is 1.59. The normalized spacial score (nSPS) is 12.6. The van der Waals surface area contributed by atoms with E-state index in [4.69, 9.17) is 10.5 Å². The van der Waals surface area contributed by atoms with Gasteiger partial charge in [-0.15, -0.1) is 0 Å². The fourth-order valence-electron chi connectivity index (χ4n) is 1.59. The molecule has 1 aromatic heterocycles. The van der Waals surface area contributed by atoms with Crippen LogP contribution >= 0.6 is 0 Å². The van der Waals surface area contributed by atoms with Gasteiger partial charge in [0.05, 0.1) is 7.11 Å². The first-order valence-corrected chi connectivity index (χ1v) is 5.64. The van der Waals surface area contributed by atoms with E-state index in [0.29, 0.717) is 18.5 Å². The zero-order chi connectivity index (χ0) is 12.0. The van der Waals surface area contributed by atoms with Gasteiger partial charge in [-0.25, -0.2) is 4.98 Å². The summed E-state index contributed by atoms with van der Waals surface area (Å²) in [5.74, 6) is 2.07. The summed E-state index contributed by atoms with van der Waals surface area (Å²) < 4.78 is 5.25. The van der Waals surface area contributed by atoms with Crippen LogP contribution in [-0.2, 0) is 0 Å². The Hall–Kier alpha value is -1.29. The second kappa shape index (κ2) is 6.33. The highest BCUT2D eigenvalue weighted by Crippen LogP contribution is 2.23. The van der Waals surface area contributed by atoms with Crippen molar-refractivity contribution in [2.24, 2.45) is 11.7 Å². The van der Waals surface area contributed by atoms with Crippen LogP contribution in [0.3, 0.4) is 0 Å². The molecule has 0 spiro atoms. The highest BCUT2D eigenvalue weighted by Gasteiger charge is 2.14. The lowest BCUT2D eigenvalue weighted by Gasteiger charge is -2.23. The second-order valence-corrected chi connectivity index (χ2v) is 4.13. The molecule has 0 amide bonds. The third kappa shape index (κ3) is 3.38. The summed E-state index contributed by atoms with van der Waals surface area (Å²) in [7, 11) is 1.65. The minimum atomic E-state index is 0.328. The monoisotopic (exact) mass is 223 g/mol. The average Bonchev–Trinajstić information content (AvgIpc) is 2.29. The summed E-state index contributed by atoms with van der Waals surface area (Å²) in [6.45, 7) is 5.01. The molecule has 1 unspecified atom stereocenters. The Morgan fingerprint density at radius 1 is 1.50 bits per heavy atom. The molecule has 0 aliphatic heterocycles. The smallest absolute Gasteiger partial charge is 0.168 e. The molecular weight excluding hydrogens is 202 g/mol. The van der Waals surface area contributed by atoms with E-state index >= 15 is 0 Å². The highest BCUT2D eigenvalue weighted by atomic mass is 16.5. The summed E-state index contributed by atoms with van der Waals surface area (Å²) in [6, 6.07) is 4.08. The quantitative estimate of drug-likeness (QED) is 0.773. The molecule has 1 rings (SSSR count). The Balaban J connectivity index is 2.76. The van der Waals surface area contributed by atoms with Gasteiger partial charge >= 0.3 is 0 Å². The number of rotatable bonds is 6. The van der Waals surface area contributed by atoms with Gasteiger partial charge in [0, 0.05) is 12.2 Å². The lowest BCUT2D eigenvalue weighted by Crippen LogP contribution is -2.29. The number of aromatic nitrogens is 1. The Kier molecular flexibility index (Phi) is 5.05. The van der Waals surface area contributed by atoms with Crippen LogP contribution in [0.1, 0.15) is 20.3 Å². The van der Waals surface area contributed by atoms with Crippen molar-refractivity contribution in [2.75, 3.05) is 19.0 Å². The van der Waals surface area contributed by atoms with E-state index in [9.17, 15) is 0 Å². The summed E-state index contributed by atoms with van der Waals surface area (Å²) in [5.41, 5.74) is 5.60. The van der Waals surface area contributed by atoms with Crippen molar-refractivity contribution in [3.63, 3.8) is 0 Å². The molecule has 90 valence electrons. The maximum Gasteiger partial charge on any atom is 0.168 e. The van der Waals surface area contributed by atoms with Gasteiger partial charge in [0.15, 0.2) is 11.6 Å². The number of methoxy groups -OCH3 is 1. The third-order valence-electron chi connectivity index (χ3n) is 2.60. The molecule has 0 fully saturated rings. The number of ether oxygens (including phenoxy) is 1. The van der Waals surface area contributed by atoms with E-state index in [-0.39, 0.29) is 0 Å². The molecule has 1 heterocycles. The molecule has 0 saturated carbocycles. The van der Waals surface area contributed by atoms with Crippen molar-refractivity contribution in [2.45, 2.75) is 26.3 Å². The van der Waals surface area contributed by atoms with Crippen molar-refractivity contribution in [1.82, 2.24) is 4.98 Å². The Morgan fingerprint density at radius 3 is 2.81 bits per heavy atom. The van der Waals surface area contributed by atoms with Crippen LogP contribution in [0, 0.1) is 5.92 Å². The number of hydrogen-bond acceptors (Lipinski definition) is 4. The molecule has 1 atom stereocenters. The molecule has 1 aromatic rings. The number of anilines is 1. The summed E-state index contributed by atoms with van der Waals surface area (Å²) in [6.07, 6.45) is 2.68. The Bertz CT molecular complexity index is 315. The van der Waals surface area contributed by atoms with E-state index in [0.717, 1.165) is 18.0 Å². The lowest BCUT2D eigenvalue weighted by molar-refractivity contribution is 0.412. The number of pyridine rings is 1. The molecule has 16 heavy (non-hydrogen) atoms. The van der Waals surface area contributed by atoms with E-state index in [1.54, 1.807) is 13.3 Å². The van der Waals surface area contributed by atoms with Crippen LogP contribution in [-0.4, -0.2) is 24.7 Å². The molecule has 3 N–H and O–H groups in total. The van der Waals surface area contributed by atoms with Gasteiger partial charge in [0.2, 0.25) is 0 Å². The largest absolute Gasteiger partial charge is 0.493 e. The predicted octanol–water partition coefficient (Wildman–Crippen LogP) is 1.88. The first-order chi connectivity index (χ1) is 7.69. The number of hydrogen-bond donors (Lipinski definition) is 2. The minimum absolute atomic E-state index is 0.328. The number of nitrogens with one attached hydrogen (secondary N) is 1. The molecule has 4 nitrogen and oxygen atoms in total. The van der Waals surface area contributed by atoms with Crippen LogP contribution in [0.25, 0.3) is 0 Å². The number of nitrogens with zero attached hydrogens (tertiary/aromatic N) is 1. The van der Waals surface area contributed by atoms with Gasteiger partial charge < -0.3 is 15.8 Å². The van der Waals surface area contributed by atoms with Crippen LogP contribution in [0.5, 0.6) is 5.75 Å². The number of nitrogens with two attached hydrogens (primary N) is 1. The van der Waals surface area contributed by atoms with E-state index < -0.39 is 0 Å². The Morgan fingerprint density at radius 2 is 2.25 bits per heavy atom. The Labute approximate surface area is 97.2 Å². The highest BCUT2D eigenvalue weighted by molar-refractivity contribution is 5.50. The summed E-state index contributed by atoms with van der Waals surface area (Å²) >= 11 is 0. The van der Waals surface area contributed by atoms with Crippen LogP contribution in [0.15, 0.2) is 18.3 Å². The topological polar surface area (TPSA) is 60.2 Å².